The maximum atomic E-state index is 12.4. The Balaban J connectivity index is 1.93. The molecule has 0 amide bonds. The van der Waals surface area contributed by atoms with Crippen molar-refractivity contribution in [3.05, 3.63) is 59.7 Å². The van der Waals surface area contributed by atoms with Crippen LogP contribution in [0, 0.1) is 6.92 Å². The van der Waals surface area contributed by atoms with Crippen molar-refractivity contribution in [3.8, 4) is 0 Å². The van der Waals surface area contributed by atoms with Gasteiger partial charge in [-0.1, -0.05) is 48.2 Å². The van der Waals surface area contributed by atoms with Crippen molar-refractivity contribution in [3.63, 3.8) is 0 Å². The van der Waals surface area contributed by atoms with Crippen LogP contribution in [-0.4, -0.2) is 20.1 Å². The Bertz CT molecular complexity index is 860. The number of benzene rings is 2. The lowest BCUT2D eigenvalue weighted by Gasteiger charge is -2.29. The van der Waals surface area contributed by atoms with Gasteiger partial charge in [0.2, 0.25) is 0 Å². The van der Waals surface area contributed by atoms with E-state index in [-0.39, 0.29) is 4.90 Å². The van der Waals surface area contributed by atoms with Gasteiger partial charge in [-0.3, -0.25) is 0 Å². The Morgan fingerprint density at radius 2 is 1.78 bits per heavy atom. The first-order valence-electron chi connectivity index (χ1n) is 7.42. The fourth-order valence-corrected chi connectivity index (χ4v) is 5.12. The lowest BCUT2D eigenvalue weighted by molar-refractivity contribution is 0.597. The fraction of sp³-hybridized carbons (Fsp3) is 0.235. The van der Waals surface area contributed by atoms with Crippen LogP contribution in [0.2, 0.25) is 0 Å². The summed E-state index contributed by atoms with van der Waals surface area (Å²) in [4.78, 5) is 2.24. The van der Waals surface area contributed by atoms with Gasteiger partial charge in [0.05, 0.1) is 5.69 Å². The minimum atomic E-state index is -3.62. The quantitative estimate of drug-likeness (QED) is 0.848. The summed E-state index contributed by atoms with van der Waals surface area (Å²) in [6.07, 6.45) is 0. The number of amidine groups is 1. The zero-order valence-electron chi connectivity index (χ0n) is 13.1. The van der Waals surface area contributed by atoms with Crippen LogP contribution < -0.4 is 4.90 Å². The molecule has 0 aliphatic carbocycles. The minimum Gasteiger partial charge on any atom is -0.319 e. The van der Waals surface area contributed by atoms with Crippen LogP contribution in [0.4, 0.5) is 5.69 Å². The Labute approximate surface area is 141 Å². The number of anilines is 1. The normalized spacial score (nSPS) is 15.9. The van der Waals surface area contributed by atoms with Crippen molar-refractivity contribution in [1.82, 2.24) is 0 Å². The molecular formula is C17H18N2O2S2. The van der Waals surface area contributed by atoms with E-state index in [1.807, 2.05) is 36.1 Å². The Morgan fingerprint density at radius 3 is 2.52 bits per heavy atom. The summed E-state index contributed by atoms with van der Waals surface area (Å²) in [7, 11) is -3.62. The van der Waals surface area contributed by atoms with Gasteiger partial charge in [-0.05, 0) is 37.1 Å². The molecule has 1 aliphatic rings. The van der Waals surface area contributed by atoms with Crippen molar-refractivity contribution in [2.24, 2.45) is 4.40 Å². The second kappa shape index (κ2) is 6.37. The third-order valence-electron chi connectivity index (χ3n) is 3.80. The van der Waals surface area contributed by atoms with Crippen molar-refractivity contribution in [1.29, 1.82) is 0 Å². The van der Waals surface area contributed by atoms with Crippen molar-refractivity contribution in [2.45, 2.75) is 24.5 Å². The predicted octanol–water partition coefficient (Wildman–Crippen LogP) is 3.81. The first-order chi connectivity index (χ1) is 11.0. The van der Waals surface area contributed by atoms with Crippen molar-refractivity contribution in [2.75, 3.05) is 11.4 Å². The molecule has 0 radical (unpaired) electrons. The average molecular weight is 346 g/mol. The third kappa shape index (κ3) is 3.14. The SMILES string of the molecule is CCN1C(SCc2ccccc2C)=NS(=O)(=O)c2ccccc21. The van der Waals surface area contributed by atoms with E-state index in [2.05, 4.69) is 23.5 Å². The first kappa shape index (κ1) is 16.1. The third-order valence-corrected chi connectivity index (χ3v) is 6.25. The van der Waals surface area contributed by atoms with E-state index < -0.39 is 10.0 Å². The largest absolute Gasteiger partial charge is 0.319 e. The molecule has 4 nitrogen and oxygen atoms in total. The molecule has 0 atom stereocenters. The summed E-state index contributed by atoms with van der Waals surface area (Å²) in [6.45, 7) is 4.73. The average Bonchev–Trinajstić information content (AvgIpc) is 2.54. The smallest absolute Gasteiger partial charge is 0.286 e. The highest BCUT2D eigenvalue weighted by Gasteiger charge is 2.29. The number of aryl methyl sites for hydroxylation is 1. The number of thioether (sulfide) groups is 1. The van der Waals surface area contributed by atoms with Crippen LogP contribution in [-0.2, 0) is 15.8 Å². The zero-order chi connectivity index (χ0) is 16.4. The second-order valence-electron chi connectivity index (χ2n) is 5.28. The molecule has 0 saturated carbocycles. The lowest BCUT2D eigenvalue weighted by Crippen LogP contribution is -2.33. The van der Waals surface area contributed by atoms with E-state index >= 15 is 0 Å². The molecule has 2 aromatic rings. The summed E-state index contributed by atoms with van der Waals surface area (Å²) in [5.74, 6) is 0.694. The monoisotopic (exact) mass is 346 g/mol. The lowest BCUT2D eigenvalue weighted by atomic mass is 10.1. The van der Waals surface area contributed by atoms with E-state index in [0.717, 1.165) is 0 Å². The number of hydrogen-bond donors (Lipinski definition) is 0. The standard InChI is InChI=1S/C17H18N2O2S2/c1-3-19-15-10-6-7-11-16(15)23(20,21)18-17(19)22-12-14-9-5-4-8-13(14)2/h4-11H,3,12H2,1-2H3. The summed E-state index contributed by atoms with van der Waals surface area (Å²) in [5, 5.41) is 0.537. The van der Waals surface area contributed by atoms with Gasteiger partial charge in [0, 0.05) is 12.3 Å². The van der Waals surface area contributed by atoms with Gasteiger partial charge in [0.25, 0.3) is 10.0 Å². The summed E-state index contributed by atoms with van der Waals surface area (Å²) in [6, 6.07) is 15.1. The van der Waals surface area contributed by atoms with Crippen LogP contribution in [0.3, 0.4) is 0 Å². The molecule has 23 heavy (non-hydrogen) atoms. The number of rotatable bonds is 3. The number of sulfonamides is 1. The van der Waals surface area contributed by atoms with E-state index in [1.54, 1.807) is 12.1 Å². The van der Waals surface area contributed by atoms with Crippen molar-refractivity contribution >= 4 is 32.6 Å². The van der Waals surface area contributed by atoms with Gasteiger partial charge in [-0.2, -0.15) is 8.42 Å². The fourth-order valence-electron chi connectivity index (χ4n) is 2.53. The summed E-state index contributed by atoms with van der Waals surface area (Å²) >= 11 is 1.46. The number of fused-ring (bicyclic) bond motifs is 1. The van der Waals surface area contributed by atoms with Gasteiger partial charge in [0.1, 0.15) is 4.90 Å². The molecule has 3 rings (SSSR count). The molecule has 0 fully saturated rings. The van der Waals surface area contributed by atoms with Crippen LogP contribution >= 0.6 is 11.8 Å². The molecule has 0 unspecified atom stereocenters. The molecule has 0 saturated heterocycles. The molecule has 0 bridgehead atoms. The molecule has 6 heteroatoms. The van der Waals surface area contributed by atoms with E-state index in [0.29, 0.717) is 23.2 Å². The van der Waals surface area contributed by atoms with Crippen LogP contribution in [0.25, 0.3) is 0 Å². The zero-order valence-corrected chi connectivity index (χ0v) is 14.7. The number of para-hydroxylation sites is 1. The van der Waals surface area contributed by atoms with Gasteiger partial charge in [0.15, 0.2) is 5.17 Å². The Kier molecular flexibility index (Phi) is 4.46. The molecular weight excluding hydrogens is 328 g/mol. The highest BCUT2D eigenvalue weighted by atomic mass is 32.2. The number of hydrogen-bond acceptors (Lipinski definition) is 4. The first-order valence-corrected chi connectivity index (χ1v) is 9.84. The van der Waals surface area contributed by atoms with E-state index in [4.69, 9.17) is 0 Å². The molecule has 2 aromatic carbocycles. The van der Waals surface area contributed by atoms with E-state index in [1.165, 1.54) is 22.9 Å². The molecule has 0 spiro atoms. The topological polar surface area (TPSA) is 49.7 Å². The Morgan fingerprint density at radius 1 is 1.09 bits per heavy atom. The van der Waals surface area contributed by atoms with Gasteiger partial charge in [-0.15, -0.1) is 4.40 Å². The van der Waals surface area contributed by atoms with Crippen molar-refractivity contribution < 1.29 is 8.42 Å². The molecule has 120 valence electrons. The van der Waals surface area contributed by atoms with Gasteiger partial charge >= 0.3 is 0 Å². The highest BCUT2D eigenvalue weighted by Crippen LogP contribution is 2.34. The predicted molar refractivity (Wildman–Crippen MR) is 96.6 cm³/mol. The van der Waals surface area contributed by atoms with Gasteiger partial charge < -0.3 is 4.90 Å². The maximum absolute atomic E-state index is 12.4. The highest BCUT2D eigenvalue weighted by molar-refractivity contribution is 8.14. The second-order valence-corrected chi connectivity index (χ2v) is 7.79. The van der Waals surface area contributed by atoms with Crippen LogP contribution in [0.15, 0.2) is 57.8 Å². The van der Waals surface area contributed by atoms with Crippen LogP contribution in [0.5, 0.6) is 0 Å². The molecule has 0 aromatic heterocycles. The van der Waals surface area contributed by atoms with Crippen LogP contribution in [0.1, 0.15) is 18.1 Å². The molecule has 1 aliphatic heterocycles. The maximum Gasteiger partial charge on any atom is 0.286 e. The molecule has 0 N–H and O–H groups in total. The Hall–Kier alpha value is -1.79. The minimum absolute atomic E-state index is 0.280. The van der Waals surface area contributed by atoms with Gasteiger partial charge in [-0.25, -0.2) is 0 Å². The van der Waals surface area contributed by atoms with E-state index in [9.17, 15) is 8.42 Å². The summed E-state index contributed by atoms with van der Waals surface area (Å²) < 4.78 is 28.8. The summed E-state index contributed by atoms with van der Waals surface area (Å²) in [5.41, 5.74) is 3.09. The molecule has 1 heterocycles. The number of nitrogens with zero attached hydrogens (tertiary/aromatic N) is 2.